The first-order valence-electron chi connectivity index (χ1n) is 5.56. The Morgan fingerprint density at radius 3 is 2.37 bits per heavy atom. The van der Waals surface area contributed by atoms with Gasteiger partial charge in [0.2, 0.25) is 0 Å². The maximum atomic E-state index is 12.4. The lowest BCUT2D eigenvalue weighted by Gasteiger charge is -2.08. The Kier molecular flexibility index (Phi) is 3.76. The number of carbonyl (C=O) groups excluding carboxylic acids is 1. The van der Waals surface area contributed by atoms with Gasteiger partial charge in [-0.25, -0.2) is 0 Å². The lowest BCUT2D eigenvalue weighted by Crippen LogP contribution is -2.06. The molecule has 2 aromatic carbocycles. The Balaban J connectivity index is 2.44. The van der Waals surface area contributed by atoms with Gasteiger partial charge >= 0.3 is 0 Å². The van der Waals surface area contributed by atoms with Crippen molar-refractivity contribution >= 4 is 33.1 Å². The molecule has 0 amide bonds. The zero-order chi connectivity index (χ0) is 14.0. The van der Waals surface area contributed by atoms with Gasteiger partial charge in [0.25, 0.3) is 0 Å². The number of methoxy groups -OCH3 is 1. The summed E-state index contributed by atoms with van der Waals surface area (Å²) in [6.07, 6.45) is 0. The minimum absolute atomic E-state index is 0.160. The van der Waals surface area contributed by atoms with Gasteiger partial charge < -0.3 is 16.2 Å². The van der Waals surface area contributed by atoms with Gasteiger partial charge in [-0.2, -0.15) is 0 Å². The van der Waals surface area contributed by atoms with Crippen LogP contribution in [0.25, 0.3) is 0 Å². The zero-order valence-corrected chi connectivity index (χ0v) is 11.9. The van der Waals surface area contributed by atoms with Crippen molar-refractivity contribution in [2.45, 2.75) is 0 Å². The number of ketones is 1. The van der Waals surface area contributed by atoms with Crippen LogP contribution in [0.5, 0.6) is 5.75 Å². The number of hydrogen-bond donors (Lipinski definition) is 2. The molecule has 0 spiro atoms. The molecule has 4 N–H and O–H groups in total. The van der Waals surface area contributed by atoms with E-state index in [4.69, 9.17) is 16.2 Å². The number of anilines is 2. The van der Waals surface area contributed by atoms with Crippen molar-refractivity contribution < 1.29 is 9.53 Å². The summed E-state index contributed by atoms with van der Waals surface area (Å²) in [5, 5.41) is 0. The van der Waals surface area contributed by atoms with Crippen molar-refractivity contribution in [1.29, 1.82) is 0 Å². The van der Waals surface area contributed by atoms with Crippen molar-refractivity contribution in [3.05, 3.63) is 52.0 Å². The van der Waals surface area contributed by atoms with E-state index in [0.717, 1.165) is 0 Å². The first-order chi connectivity index (χ1) is 9.02. The molecule has 0 aliphatic heterocycles. The van der Waals surface area contributed by atoms with Crippen LogP contribution < -0.4 is 16.2 Å². The van der Waals surface area contributed by atoms with Crippen LogP contribution in [0, 0.1) is 0 Å². The molecule has 0 radical (unpaired) electrons. The topological polar surface area (TPSA) is 78.3 Å². The van der Waals surface area contributed by atoms with E-state index in [1.807, 2.05) is 0 Å². The van der Waals surface area contributed by atoms with Gasteiger partial charge in [-0.15, -0.1) is 0 Å². The molecule has 0 heterocycles. The summed E-state index contributed by atoms with van der Waals surface area (Å²) in [5.41, 5.74) is 13.3. The summed E-state index contributed by atoms with van der Waals surface area (Å²) in [5.74, 6) is 0.515. The van der Waals surface area contributed by atoms with E-state index < -0.39 is 0 Å². The van der Waals surface area contributed by atoms with Gasteiger partial charge in [-0.05, 0) is 52.3 Å². The smallest absolute Gasteiger partial charge is 0.196 e. The summed E-state index contributed by atoms with van der Waals surface area (Å²) < 4.78 is 5.75. The number of nitrogen functional groups attached to an aromatic ring is 2. The lowest BCUT2D eigenvalue weighted by molar-refractivity contribution is 0.103. The van der Waals surface area contributed by atoms with E-state index in [1.165, 1.54) is 0 Å². The van der Waals surface area contributed by atoms with Crippen LogP contribution in [-0.2, 0) is 0 Å². The minimum atomic E-state index is -0.160. The van der Waals surface area contributed by atoms with Crippen LogP contribution in [0.1, 0.15) is 15.9 Å². The molecule has 0 aromatic heterocycles. The molecule has 0 aliphatic rings. The van der Waals surface area contributed by atoms with Crippen LogP contribution in [0.4, 0.5) is 11.4 Å². The highest BCUT2D eigenvalue weighted by Gasteiger charge is 2.15. The third kappa shape index (κ3) is 2.71. The molecule has 4 nitrogen and oxygen atoms in total. The van der Waals surface area contributed by atoms with Crippen molar-refractivity contribution in [3.63, 3.8) is 0 Å². The van der Waals surface area contributed by atoms with Crippen LogP contribution in [0.15, 0.2) is 40.9 Å². The molecule has 0 bridgehead atoms. The van der Waals surface area contributed by atoms with E-state index in [1.54, 1.807) is 43.5 Å². The van der Waals surface area contributed by atoms with Crippen molar-refractivity contribution in [3.8, 4) is 5.75 Å². The van der Waals surface area contributed by atoms with Gasteiger partial charge in [0.1, 0.15) is 5.75 Å². The molecule has 2 rings (SSSR count). The number of carbonyl (C=O) groups is 1. The molecule has 0 atom stereocenters. The summed E-state index contributed by atoms with van der Waals surface area (Å²) in [4.78, 5) is 12.4. The quantitative estimate of drug-likeness (QED) is 0.673. The van der Waals surface area contributed by atoms with E-state index >= 15 is 0 Å². The Morgan fingerprint density at radius 2 is 1.79 bits per heavy atom. The second-order valence-corrected chi connectivity index (χ2v) is 4.88. The summed E-state index contributed by atoms with van der Waals surface area (Å²) in [6, 6.07) is 10.0. The molecule has 0 fully saturated rings. The number of nitrogens with two attached hydrogens (primary N) is 2. The molecule has 0 aliphatic carbocycles. The van der Waals surface area contributed by atoms with E-state index in [-0.39, 0.29) is 5.78 Å². The highest BCUT2D eigenvalue weighted by atomic mass is 79.9. The fourth-order valence-corrected chi connectivity index (χ4v) is 2.28. The molecule has 2 aromatic rings. The summed E-state index contributed by atoms with van der Waals surface area (Å²) >= 11 is 3.36. The second kappa shape index (κ2) is 5.32. The minimum Gasteiger partial charge on any atom is -0.497 e. The maximum absolute atomic E-state index is 12.4. The number of benzene rings is 2. The molecule has 98 valence electrons. The Morgan fingerprint density at radius 1 is 1.11 bits per heavy atom. The Bertz CT molecular complexity index is 641. The van der Waals surface area contributed by atoms with Crippen LogP contribution >= 0.6 is 15.9 Å². The number of halogens is 1. The first kappa shape index (κ1) is 13.4. The molecule has 19 heavy (non-hydrogen) atoms. The average Bonchev–Trinajstić information content (AvgIpc) is 2.37. The fraction of sp³-hybridized carbons (Fsp3) is 0.0714. The van der Waals surface area contributed by atoms with Gasteiger partial charge in [-0.3, -0.25) is 4.79 Å². The van der Waals surface area contributed by atoms with Crippen molar-refractivity contribution in [1.82, 2.24) is 0 Å². The third-order valence-corrected chi connectivity index (χ3v) is 3.40. The lowest BCUT2D eigenvalue weighted by atomic mass is 10.0. The first-order valence-corrected chi connectivity index (χ1v) is 6.35. The van der Waals surface area contributed by atoms with Crippen LogP contribution in [0.2, 0.25) is 0 Å². The summed E-state index contributed by atoms with van der Waals surface area (Å²) in [6.45, 7) is 0. The monoisotopic (exact) mass is 320 g/mol. The van der Waals surface area contributed by atoms with Crippen LogP contribution in [0.3, 0.4) is 0 Å². The standard InChI is InChI=1S/C14H13BrN2O2/c1-19-9-3-5-10(12(15)7-9)14(18)11-4-2-8(16)6-13(11)17/h2-7H,16-17H2,1H3. The highest BCUT2D eigenvalue weighted by molar-refractivity contribution is 9.10. The van der Waals surface area contributed by atoms with Gasteiger partial charge in [0.15, 0.2) is 5.78 Å². The predicted molar refractivity (Wildman–Crippen MR) is 79.4 cm³/mol. The summed E-state index contributed by atoms with van der Waals surface area (Å²) in [7, 11) is 1.57. The molecule has 5 heteroatoms. The fourth-order valence-electron chi connectivity index (χ4n) is 1.74. The van der Waals surface area contributed by atoms with Gasteiger partial charge in [0.05, 0.1) is 7.11 Å². The number of hydrogen-bond acceptors (Lipinski definition) is 4. The normalized spacial score (nSPS) is 10.2. The van der Waals surface area contributed by atoms with Crippen LogP contribution in [-0.4, -0.2) is 12.9 Å². The maximum Gasteiger partial charge on any atom is 0.196 e. The largest absolute Gasteiger partial charge is 0.497 e. The average molecular weight is 321 g/mol. The number of rotatable bonds is 3. The molecule has 0 unspecified atom stereocenters. The van der Waals surface area contributed by atoms with Gasteiger partial charge in [0, 0.05) is 27.0 Å². The predicted octanol–water partition coefficient (Wildman–Crippen LogP) is 2.85. The van der Waals surface area contributed by atoms with Gasteiger partial charge in [-0.1, -0.05) is 0 Å². The van der Waals surface area contributed by atoms with Crippen molar-refractivity contribution in [2.24, 2.45) is 0 Å². The SMILES string of the molecule is COc1ccc(C(=O)c2ccc(N)cc2N)c(Br)c1. The Hall–Kier alpha value is -2.01. The van der Waals surface area contributed by atoms with Crippen molar-refractivity contribution in [2.75, 3.05) is 18.6 Å². The highest BCUT2D eigenvalue weighted by Crippen LogP contribution is 2.27. The molecule has 0 saturated heterocycles. The zero-order valence-electron chi connectivity index (χ0n) is 10.3. The molecule has 0 saturated carbocycles. The number of ether oxygens (including phenoxy) is 1. The Labute approximate surface area is 119 Å². The van der Waals surface area contributed by atoms with E-state index in [9.17, 15) is 4.79 Å². The third-order valence-electron chi connectivity index (χ3n) is 2.74. The molecular formula is C14H13BrN2O2. The second-order valence-electron chi connectivity index (χ2n) is 4.02. The van der Waals surface area contributed by atoms with E-state index in [2.05, 4.69) is 15.9 Å². The van der Waals surface area contributed by atoms with E-state index in [0.29, 0.717) is 32.7 Å². The molecular weight excluding hydrogens is 308 g/mol.